The van der Waals surface area contributed by atoms with Gasteiger partial charge in [-0.3, -0.25) is 4.90 Å². The van der Waals surface area contributed by atoms with Crippen molar-refractivity contribution >= 4 is 0 Å². The van der Waals surface area contributed by atoms with E-state index in [1.807, 2.05) is 0 Å². The molecule has 1 fully saturated rings. The number of nitrogens with zero attached hydrogens (tertiary/aromatic N) is 1. The van der Waals surface area contributed by atoms with E-state index < -0.39 is 0 Å². The summed E-state index contributed by atoms with van der Waals surface area (Å²) in [6, 6.07) is 0. The van der Waals surface area contributed by atoms with E-state index in [1.54, 1.807) is 0 Å². The predicted molar refractivity (Wildman–Crippen MR) is 71.4 cm³/mol. The first-order valence-electron chi connectivity index (χ1n) is 7.14. The van der Waals surface area contributed by atoms with E-state index in [-0.39, 0.29) is 6.10 Å². The van der Waals surface area contributed by atoms with Gasteiger partial charge in [-0.25, -0.2) is 0 Å². The molecule has 0 N–H and O–H groups in total. The van der Waals surface area contributed by atoms with Crippen molar-refractivity contribution < 1.29 is 9.47 Å². The number of hydrogen-bond acceptors (Lipinski definition) is 3. The van der Waals surface area contributed by atoms with Crippen LogP contribution in [-0.2, 0) is 9.47 Å². The number of unbranched alkanes of at least 4 members (excludes halogenated alkanes) is 2. The van der Waals surface area contributed by atoms with E-state index in [2.05, 4.69) is 25.7 Å². The van der Waals surface area contributed by atoms with Gasteiger partial charge < -0.3 is 9.47 Å². The first kappa shape index (κ1) is 14.9. The minimum absolute atomic E-state index is 0.282. The molecule has 0 aromatic heterocycles. The Balaban J connectivity index is 2.10. The Morgan fingerprint density at radius 1 is 1.35 bits per heavy atom. The molecule has 3 nitrogen and oxygen atoms in total. The van der Waals surface area contributed by atoms with Gasteiger partial charge in [0.05, 0.1) is 19.3 Å². The van der Waals surface area contributed by atoms with E-state index >= 15 is 0 Å². The van der Waals surface area contributed by atoms with Crippen LogP contribution >= 0.6 is 0 Å². The lowest BCUT2D eigenvalue weighted by Gasteiger charge is -2.32. The lowest BCUT2D eigenvalue weighted by atomic mass is 10.2. The van der Waals surface area contributed by atoms with Crippen molar-refractivity contribution in [3.05, 3.63) is 0 Å². The van der Waals surface area contributed by atoms with Crippen molar-refractivity contribution in [1.29, 1.82) is 0 Å². The second kappa shape index (κ2) is 8.90. The van der Waals surface area contributed by atoms with Gasteiger partial charge >= 0.3 is 0 Å². The van der Waals surface area contributed by atoms with Crippen LogP contribution in [0.5, 0.6) is 0 Å². The fraction of sp³-hybridized carbons (Fsp3) is 1.00. The van der Waals surface area contributed by atoms with E-state index in [0.717, 1.165) is 32.9 Å². The van der Waals surface area contributed by atoms with Crippen LogP contribution in [0.4, 0.5) is 0 Å². The molecular weight excluding hydrogens is 214 g/mol. The zero-order chi connectivity index (χ0) is 12.5. The molecule has 1 aliphatic heterocycles. The molecule has 1 heterocycles. The van der Waals surface area contributed by atoms with Crippen LogP contribution in [0.3, 0.4) is 0 Å². The van der Waals surface area contributed by atoms with E-state index in [0.29, 0.717) is 5.92 Å². The first-order valence-corrected chi connectivity index (χ1v) is 7.14. The molecule has 0 aliphatic carbocycles. The molecule has 1 saturated heterocycles. The van der Waals surface area contributed by atoms with Gasteiger partial charge in [0, 0.05) is 19.7 Å². The Kier molecular flexibility index (Phi) is 7.82. The summed E-state index contributed by atoms with van der Waals surface area (Å²) in [7, 11) is 0. The van der Waals surface area contributed by atoms with Crippen LogP contribution in [0.15, 0.2) is 0 Å². The quantitative estimate of drug-likeness (QED) is 0.612. The summed E-state index contributed by atoms with van der Waals surface area (Å²) in [4.78, 5) is 2.52. The molecule has 0 aromatic carbocycles. The Morgan fingerprint density at radius 2 is 2.18 bits per heavy atom. The molecule has 0 aromatic rings. The number of hydrogen-bond donors (Lipinski definition) is 0. The van der Waals surface area contributed by atoms with Crippen molar-refractivity contribution in [3.63, 3.8) is 0 Å². The molecular formula is C14H29NO2. The van der Waals surface area contributed by atoms with Crippen molar-refractivity contribution in [3.8, 4) is 0 Å². The molecule has 0 saturated carbocycles. The topological polar surface area (TPSA) is 21.7 Å². The smallest absolute Gasteiger partial charge is 0.0935 e. The summed E-state index contributed by atoms with van der Waals surface area (Å²) < 4.78 is 11.4. The Labute approximate surface area is 106 Å². The monoisotopic (exact) mass is 243 g/mol. The fourth-order valence-corrected chi connectivity index (χ4v) is 2.10. The SMILES string of the molecule is CCCCCN1CCO[C@@H](COCC(C)C)C1. The molecule has 1 aliphatic rings. The molecule has 0 spiro atoms. The maximum atomic E-state index is 5.73. The zero-order valence-corrected chi connectivity index (χ0v) is 11.8. The largest absolute Gasteiger partial charge is 0.378 e. The first-order chi connectivity index (χ1) is 8.22. The van der Waals surface area contributed by atoms with Gasteiger partial charge in [-0.1, -0.05) is 33.6 Å². The third kappa shape index (κ3) is 7.02. The van der Waals surface area contributed by atoms with Gasteiger partial charge in [-0.15, -0.1) is 0 Å². The molecule has 102 valence electrons. The van der Waals surface area contributed by atoms with Gasteiger partial charge in [0.15, 0.2) is 0 Å². The highest BCUT2D eigenvalue weighted by Gasteiger charge is 2.20. The molecule has 0 bridgehead atoms. The third-order valence-electron chi connectivity index (χ3n) is 3.06. The lowest BCUT2D eigenvalue weighted by molar-refractivity contribution is -0.0722. The lowest BCUT2D eigenvalue weighted by Crippen LogP contribution is -2.44. The second-order valence-corrected chi connectivity index (χ2v) is 5.43. The van der Waals surface area contributed by atoms with Gasteiger partial charge in [-0.05, 0) is 18.9 Å². The molecule has 1 atom stereocenters. The summed E-state index contributed by atoms with van der Waals surface area (Å²) in [6.45, 7) is 12.4. The van der Waals surface area contributed by atoms with E-state index in [4.69, 9.17) is 9.47 Å². The molecule has 1 rings (SSSR count). The van der Waals surface area contributed by atoms with Gasteiger partial charge in [0.1, 0.15) is 0 Å². The minimum Gasteiger partial charge on any atom is -0.378 e. The van der Waals surface area contributed by atoms with E-state index in [1.165, 1.54) is 25.8 Å². The summed E-state index contributed by atoms with van der Waals surface area (Å²) in [5, 5.41) is 0. The summed E-state index contributed by atoms with van der Waals surface area (Å²) in [5.41, 5.74) is 0. The van der Waals surface area contributed by atoms with Gasteiger partial charge in [0.25, 0.3) is 0 Å². The highest BCUT2D eigenvalue weighted by Crippen LogP contribution is 2.08. The number of morpholine rings is 1. The van der Waals surface area contributed by atoms with Crippen LogP contribution in [0, 0.1) is 5.92 Å². The molecule has 17 heavy (non-hydrogen) atoms. The second-order valence-electron chi connectivity index (χ2n) is 5.43. The summed E-state index contributed by atoms with van der Waals surface area (Å²) in [5.74, 6) is 0.610. The van der Waals surface area contributed by atoms with E-state index in [9.17, 15) is 0 Å². The average molecular weight is 243 g/mol. The zero-order valence-electron chi connectivity index (χ0n) is 11.8. The van der Waals surface area contributed by atoms with Crippen molar-refractivity contribution in [2.24, 2.45) is 5.92 Å². The van der Waals surface area contributed by atoms with Crippen molar-refractivity contribution in [2.45, 2.75) is 46.1 Å². The molecule has 0 amide bonds. The summed E-state index contributed by atoms with van der Waals surface area (Å²) in [6.07, 6.45) is 4.23. The maximum absolute atomic E-state index is 5.73. The summed E-state index contributed by atoms with van der Waals surface area (Å²) >= 11 is 0. The highest BCUT2D eigenvalue weighted by atomic mass is 16.5. The van der Waals surface area contributed by atoms with Crippen LogP contribution in [0.25, 0.3) is 0 Å². The third-order valence-corrected chi connectivity index (χ3v) is 3.06. The Morgan fingerprint density at radius 3 is 2.88 bits per heavy atom. The predicted octanol–water partition coefficient (Wildman–Crippen LogP) is 2.55. The molecule has 3 heteroatoms. The normalized spacial score (nSPS) is 22.2. The standard InChI is InChI=1S/C14H29NO2/c1-4-5-6-7-15-8-9-17-14(10-15)12-16-11-13(2)3/h13-14H,4-12H2,1-3H3/t14-/m1/s1. The Bertz CT molecular complexity index is 185. The van der Waals surface area contributed by atoms with Crippen LogP contribution < -0.4 is 0 Å². The number of ether oxygens (including phenoxy) is 2. The van der Waals surface area contributed by atoms with Crippen LogP contribution in [-0.4, -0.2) is 50.5 Å². The van der Waals surface area contributed by atoms with Gasteiger partial charge in [-0.2, -0.15) is 0 Å². The van der Waals surface area contributed by atoms with Crippen molar-refractivity contribution in [1.82, 2.24) is 4.90 Å². The minimum atomic E-state index is 0.282. The van der Waals surface area contributed by atoms with Gasteiger partial charge in [0.2, 0.25) is 0 Å². The van der Waals surface area contributed by atoms with Crippen LogP contribution in [0.2, 0.25) is 0 Å². The van der Waals surface area contributed by atoms with Crippen molar-refractivity contribution in [2.75, 3.05) is 39.5 Å². The van der Waals surface area contributed by atoms with Crippen LogP contribution in [0.1, 0.15) is 40.0 Å². The molecule has 0 unspecified atom stereocenters. The number of rotatable bonds is 8. The fourth-order valence-electron chi connectivity index (χ4n) is 2.10. The highest BCUT2D eigenvalue weighted by molar-refractivity contribution is 4.71. The average Bonchev–Trinajstić information content (AvgIpc) is 2.29. The molecule has 0 radical (unpaired) electrons. The maximum Gasteiger partial charge on any atom is 0.0935 e. The Hall–Kier alpha value is -0.120.